The minimum atomic E-state index is -2.19. The Morgan fingerprint density at radius 1 is 1.60 bits per heavy atom. The van der Waals surface area contributed by atoms with Crippen LogP contribution in [0.25, 0.3) is 0 Å². The monoisotopic (exact) mass is 166 g/mol. The van der Waals surface area contributed by atoms with Gasteiger partial charge in [0.05, 0.1) is 0 Å². The van der Waals surface area contributed by atoms with Crippen molar-refractivity contribution in [3.05, 3.63) is 0 Å². The summed E-state index contributed by atoms with van der Waals surface area (Å²) in [5.41, 5.74) is 0. The van der Waals surface area contributed by atoms with E-state index in [0.717, 1.165) is 0 Å². The molecular formula is H2FGeKO2. The summed E-state index contributed by atoms with van der Waals surface area (Å²) in [6.45, 7) is 0. The quantitative estimate of drug-likeness (QED) is 0.338. The van der Waals surface area contributed by atoms with Gasteiger partial charge in [-0.1, -0.05) is 0 Å². The molecule has 0 rings (SSSR count). The van der Waals surface area contributed by atoms with Crippen LogP contribution in [0.3, 0.4) is 0 Å². The Morgan fingerprint density at radius 2 is 1.60 bits per heavy atom. The fourth-order valence-corrected chi connectivity index (χ4v) is 0. The molecule has 0 bridgehead atoms. The Hall–Kier alpha value is 1.71. The maximum absolute atomic E-state index is 8.53. The van der Waals surface area contributed by atoms with Crippen LogP contribution in [-0.2, 0) is 3.78 Å². The summed E-state index contributed by atoms with van der Waals surface area (Å²) in [4.78, 5) is 0. The molecule has 0 amide bonds. The Kier molecular flexibility index (Phi) is 54.8. The molecule has 0 N–H and O–H groups in total. The van der Waals surface area contributed by atoms with Crippen molar-refractivity contribution in [2.45, 2.75) is 0 Å². The molecule has 2 nitrogen and oxygen atoms in total. The second-order valence-electron chi connectivity index (χ2n) is 0.0962. The van der Waals surface area contributed by atoms with Gasteiger partial charge < -0.3 is 0 Å². The molecule has 0 saturated heterocycles. The van der Waals surface area contributed by atoms with Gasteiger partial charge in [-0.25, -0.2) is 0 Å². The third-order valence-corrected chi connectivity index (χ3v) is 0. The normalized spacial score (nSPS) is 2.40. The van der Waals surface area contributed by atoms with Crippen LogP contribution in [0.5, 0.6) is 0 Å². The summed E-state index contributed by atoms with van der Waals surface area (Å²) in [5.74, 6) is 0. The second kappa shape index (κ2) is 17.2. The molecule has 0 unspecified atom stereocenters. The third kappa shape index (κ3) is 26.9. The summed E-state index contributed by atoms with van der Waals surface area (Å²) < 4.78 is 17.1. The van der Waals surface area contributed by atoms with Gasteiger partial charge >= 0.3 is 75.0 Å². The van der Waals surface area contributed by atoms with E-state index in [1.54, 1.807) is 0 Å². The summed E-state index contributed by atoms with van der Waals surface area (Å²) in [7, 11) is 0. The Labute approximate surface area is 78.1 Å². The first-order valence-electron chi connectivity index (χ1n) is 0.471. The van der Waals surface area contributed by atoms with E-state index in [4.69, 9.17) is 7.91 Å². The van der Waals surface area contributed by atoms with Gasteiger partial charge in [0, 0.05) is 0 Å². The average molecular weight is 165 g/mol. The van der Waals surface area contributed by atoms with Crippen LogP contribution < -0.4 is 55.5 Å². The second-order valence-corrected chi connectivity index (χ2v) is 0.500. The van der Waals surface area contributed by atoms with Gasteiger partial charge in [-0.3, -0.25) is 4.70 Å². The van der Waals surface area contributed by atoms with Crippen LogP contribution in [0.1, 0.15) is 0 Å². The first-order valence-corrected chi connectivity index (χ1v) is 2.45. The summed E-state index contributed by atoms with van der Waals surface area (Å²) in [6.07, 6.45) is 0. The summed E-state index contributed by atoms with van der Waals surface area (Å²) >= 11 is -2.19. The maximum atomic E-state index is 8.53. The van der Waals surface area contributed by atoms with Crippen LogP contribution in [0.15, 0.2) is 0 Å². The molecule has 0 aromatic rings. The first kappa shape index (κ1) is 15.9. The minimum absolute atomic E-state index is 0. The van der Waals surface area contributed by atoms with Gasteiger partial charge in [-0.15, -0.1) is 0 Å². The molecule has 0 heterocycles. The molecule has 26 valence electrons. The average Bonchev–Trinajstić information content (AvgIpc) is 0.918. The number of halogens is 1. The molecule has 0 aliphatic carbocycles. The molecule has 0 fully saturated rings. The standard InChI is InChI=1S/FH.GeHO2.K/c;2-1-3;/h1H;1H;/q;-1;+1. The van der Waals surface area contributed by atoms with Crippen LogP contribution in [0.4, 0.5) is 4.70 Å². The molecule has 0 saturated carbocycles. The van der Waals surface area contributed by atoms with Crippen molar-refractivity contribution in [1.29, 1.82) is 0 Å². The van der Waals surface area contributed by atoms with Gasteiger partial charge in [0.25, 0.3) is 0 Å². The predicted octanol–water partition coefficient (Wildman–Crippen LogP) is -4.80. The fraction of sp³-hybridized carbons (Fsp3) is 0. The van der Waals surface area contributed by atoms with E-state index in [1.807, 2.05) is 0 Å². The zero-order chi connectivity index (χ0) is 2.71. The SMILES string of the molecule is F.[K+].[O]=[GeH][O-]. The van der Waals surface area contributed by atoms with Gasteiger partial charge in [-0.05, 0) is 0 Å². The summed E-state index contributed by atoms with van der Waals surface area (Å²) in [5, 5.41) is 0. The molecule has 5 heteroatoms. The van der Waals surface area contributed by atoms with E-state index in [9.17, 15) is 0 Å². The van der Waals surface area contributed by atoms with E-state index < -0.39 is 15.7 Å². The Bertz CT molecular complexity index is 17.1. The third-order valence-electron chi connectivity index (χ3n) is 0. The summed E-state index contributed by atoms with van der Waals surface area (Å²) in [6, 6.07) is 0. The van der Waals surface area contributed by atoms with E-state index in [2.05, 4.69) is 0 Å². The molecule has 0 aromatic carbocycles. The predicted molar refractivity (Wildman–Crippen MR) is 10.3 cm³/mol. The van der Waals surface area contributed by atoms with Crippen LogP contribution in [-0.4, -0.2) is 15.7 Å². The Morgan fingerprint density at radius 3 is 1.60 bits per heavy atom. The van der Waals surface area contributed by atoms with Crippen molar-refractivity contribution < 1.29 is 64.0 Å². The molecule has 5 heavy (non-hydrogen) atoms. The van der Waals surface area contributed by atoms with Gasteiger partial charge in [-0.2, -0.15) is 0 Å². The zero-order valence-corrected chi connectivity index (χ0v) is 8.35. The topological polar surface area (TPSA) is 40.1 Å². The van der Waals surface area contributed by atoms with E-state index in [-0.39, 0.29) is 56.1 Å². The van der Waals surface area contributed by atoms with Crippen LogP contribution in [0.2, 0.25) is 0 Å². The van der Waals surface area contributed by atoms with Crippen LogP contribution in [0, 0.1) is 0 Å². The molecule has 0 spiro atoms. The first-order chi connectivity index (χ1) is 1.41. The van der Waals surface area contributed by atoms with E-state index >= 15 is 0 Å². The number of rotatable bonds is 0. The van der Waals surface area contributed by atoms with E-state index in [1.165, 1.54) is 0 Å². The molecule has 0 radical (unpaired) electrons. The molecule has 0 aliphatic rings. The van der Waals surface area contributed by atoms with Crippen molar-refractivity contribution in [1.82, 2.24) is 0 Å². The van der Waals surface area contributed by atoms with E-state index in [0.29, 0.717) is 0 Å². The van der Waals surface area contributed by atoms with Crippen LogP contribution >= 0.6 is 0 Å². The zero-order valence-electron chi connectivity index (χ0n) is 2.80. The van der Waals surface area contributed by atoms with Gasteiger partial charge in [0.2, 0.25) is 0 Å². The van der Waals surface area contributed by atoms with Crippen molar-refractivity contribution in [3.8, 4) is 0 Å². The molecule has 0 aromatic heterocycles. The Balaban J connectivity index is -0.0000000200. The van der Waals surface area contributed by atoms with Crippen molar-refractivity contribution in [2.75, 3.05) is 0 Å². The van der Waals surface area contributed by atoms with Crippen molar-refractivity contribution in [3.63, 3.8) is 0 Å². The van der Waals surface area contributed by atoms with Gasteiger partial charge in [0.15, 0.2) is 0 Å². The van der Waals surface area contributed by atoms with Crippen molar-refractivity contribution in [2.24, 2.45) is 0 Å². The molecule has 0 atom stereocenters. The molecule has 0 aliphatic heterocycles. The number of hydrogen-bond donors (Lipinski definition) is 0. The number of hydrogen-bond acceptors (Lipinski definition) is 2. The molecular weight excluding hydrogens is 163 g/mol. The van der Waals surface area contributed by atoms with Gasteiger partial charge in [0.1, 0.15) is 0 Å². The fourth-order valence-electron chi connectivity index (χ4n) is 0. The van der Waals surface area contributed by atoms with Crippen molar-refractivity contribution >= 4 is 15.7 Å².